The molecule has 3 heteroatoms. The Labute approximate surface area is 93.1 Å². The van der Waals surface area contributed by atoms with Gasteiger partial charge in [0.2, 0.25) is 0 Å². The van der Waals surface area contributed by atoms with Crippen molar-refractivity contribution in [3.05, 3.63) is 45.2 Å². The number of hydrogen-bond acceptors (Lipinski definition) is 2. The second-order valence-electron chi connectivity index (χ2n) is 3.84. The third-order valence-corrected chi connectivity index (χ3v) is 2.91. The topological polar surface area (TPSA) is 49.9 Å². The van der Waals surface area contributed by atoms with Gasteiger partial charge in [-0.15, -0.1) is 0 Å². The highest BCUT2D eigenvalue weighted by molar-refractivity contribution is 5.90. The molecule has 3 nitrogen and oxygen atoms in total. The lowest BCUT2D eigenvalue weighted by Crippen LogP contribution is -2.14. The first-order chi connectivity index (χ1) is 7.67. The number of carbonyl (C=O) groups excluding carboxylic acids is 1. The summed E-state index contributed by atoms with van der Waals surface area (Å²) in [5.41, 5.74) is 2.64. The Balaban J connectivity index is 2.89. The Morgan fingerprint density at radius 3 is 2.75 bits per heavy atom. The molecule has 0 aliphatic carbocycles. The minimum absolute atomic E-state index is 0.223. The predicted molar refractivity (Wildman–Crippen MR) is 64.1 cm³/mol. The van der Waals surface area contributed by atoms with Crippen molar-refractivity contribution in [2.75, 3.05) is 0 Å². The zero-order chi connectivity index (χ0) is 11.7. The van der Waals surface area contributed by atoms with Crippen molar-refractivity contribution in [1.82, 2.24) is 4.98 Å². The van der Waals surface area contributed by atoms with Gasteiger partial charge in [-0.2, -0.15) is 0 Å². The highest BCUT2D eigenvalue weighted by Gasteiger charge is 2.08. The third kappa shape index (κ3) is 1.54. The van der Waals surface area contributed by atoms with E-state index < -0.39 is 0 Å². The van der Waals surface area contributed by atoms with Crippen molar-refractivity contribution in [2.24, 2.45) is 0 Å². The van der Waals surface area contributed by atoms with Gasteiger partial charge in [0.25, 0.3) is 5.56 Å². The van der Waals surface area contributed by atoms with Crippen molar-refractivity contribution in [3.63, 3.8) is 0 Å². The molecular weight excluding hydrogens is 202 g/mol. The number of aromatic nitrogens is 1. The summed E-state index contributed by atoms with van der Waals surface area (Å²) in [5.74, 6) is 0. The van der Waals surface area contributed by atoms with Crippen molar-refractivity contribution < 1.29 is 4.79 Å². The van der Waals surface area contributed by atoms with E-state index in [-0.39, 0.29) is 11.1 Å². The molecule has 1 heterocycles. The highest BCUT2D eigenvalue weighted by Crippen LogP contribution is 2.18. The highest BCUT2D eigenvalue weighted by atomic mass is 16.1. The molecule has 0 saturated carbocycles. The summed E-state index contributed by atoms with van der Waals surface area (Å²) in [6.07, 6.45) is 1.55. The molecule has 0 radical (unpaired) electrons. The molecule has 0 atom stereocenters. The summed E-state index contributed by atoms with van der Waals surface area (Å²) >= 11 is 0. The second-order valence-corrected chi connectivity index (χ2v) is 3.84. The van der Waals surface area contributed by atoms with Crippen molar-refractivity contribution in [3.8, 4) is 0 Å². The van der Waals surface area contributed by atoms with Crippen molar-refractivity contribution >= 4 is 17.2 Å². The average molecular weight is 215 g/mol. The number of aldehydes is 1. The fourth-order valence-corrected chi connectivity index (χ4v) is 1.88. The van der Waals surface area contributed by atoms with Crippen LogP contribution in [0.4, 0.5) is 0 Å². The minimum Gasteiger partial charge on any atom is -0.321 e. The van der Waals surface area contributed by atoms with Crippen LogP contribution in [0.1, 0.15) is 28.4 Å². The number of H-pyrrole nitrogens is 1. The minimum atomic E-state index is -0.316. The van der Waals surface area contributed by atoms with Crippen LogP contribution in [0.5, 0.6) is 0 Å². The van der Waals surface area contributed by atoms with E-state index in [1.165, 1.54) is 5.56 Å². The predicted octanol–water partition coefficient (Wildman–Crippen LogP) is 2.21. The molecule has 2 rings (SSSR count). The molecule has 0 aliphatic heterocycles. The van der Waals surface area contributed by atoms with Crippen molar-refractivity contribution in [1.29, 1.82) is 0 Å². The molecule has 0 spiro atoms. The van der Waals surface area contributed by atoms with Crippen LogP contribution in [0.25, 0.3) is 10.9 Å². The molecule has 0 saturated heterocycles. The van der Waals surface area contributed by atoms with Gasteiger partial charge in [-0.05, 0) is 36.6 Å². The van der Waals surface area contributed by atoms with E-state index in [1.54, 1.807) is 6.92 Å². The Morgan fingerprint density at radius 1 is 1.38 bits per heavy atom. The first kappa shape index (κ1) is 10.6. The lowest BCUT2D eigenvalue weighted by Gasteiger charge is -2.06. The van der Waals surface area contributed by atoms with Gasteiger partial charge in [0.15, 0.2) is 6.29 Å². The van der Waals surface area contributed by atoms with Crippen LogP contribution in [0, 0.1) is 6.92 Å². The molecule has 0 aliphatic rings. The standard InChI is InChI=1S/C13H13NO2/c1-3-9-4-5-12-10(6-9)8(2)11(7-15)13(16)14-12/h4-7H,3H2,1-2H3,(H,14,16). The first-order valence-corrected chi connectivity index (χ1v) is 5.28. The lowest BCUT2D eigenvalue weighted by molar-refractivity contribution is 0.112. The Bertz CT molecular complexity index is 611. The van der Waals surface area contributed by atoms with Crippen LogP contribution in [0.3, 0.4) is 0 Å². The third-order valence-electron chi connectivity index (χ3n) is 2.91. The fourth-order valence-electron chi connectivity index (χ4n) is 1.88. The number of benzene rings is 1. The molecule has 0 unspecified atom stereocenters. The number of carbonyl (C=O) groups is 1. The van der Waals surface area contributed by atoms with Gasteiger partial charge < -0.3 is 4.98 Å². The van der Waals surface area contributed by atoms with E-state index in [2.05, 4.69) is 11.9 Å². The quantitative estimate of drug-likeness (QED) is 0.781. The summed E-state index contributed by atoms with van der Waals surface area (Å²) in [4.78, 5) is 25.1. The SMILES string of the molecule is CCc1ccc2[nH]c(=O)c(C=O)c(C)c2c1. The number of fused-ring (bicyclic) bond motifs is 1. The van der Waals surface area contributed by atoms with Gasteiger partial charge in [0, 0.05) is 10.9 Å². The van der Waals surface area contributed by atoms with Gasteiger partial charge in [0.1, 0.15) is 0 Å². The lowest BCUT2D eigenvalue weighted by atomic mass is 10.0. The van der Waals surface area contributed by atoms with Crippen LogP contribution in [0.2, 0.25) is 0 Å². The molecule has 0 bridgehead atoms. The van der Waals surface area contributed by atoms with Gasteiger partial charge in [-0.3, -0.25) is 9.59 Å². The Kier molecular flexibility index (Phi) is 2.60. The summed E-state index contributed by atoms with van der Waals surface area (Å²) in [6, 6.07) is 5.89. The maximum absolute atomic E-state index is 11.6. The van der Waals surface area contributed by atoms with Gasteiger partial charge in [0.05, 0.1) is 5.56 Å². The molecule has 82 valence electrons. The van der Waals surface area contributed by atoms with Crippen LogP contribution in [-0.2, 0) is 6.42 Å². The normalized spacial score (nSPS) is 10.6. The number of aromatic amines is 1. The van der Waals surface area contributed by atoms with Crippen molar-refractivity contribution in [2.45, 2.75) is 20.3 Å². The van der Waals surface area contributed by atoms with Gasteiger partial charge in [-0.25, -0.2) is 0 Å². The second kappa shape index (κ2) is 3.93. The molecule has 2 aromatic rings. The summed E-state index contributed by atoms with van der Waals surface area (Å²) in [6.45, 7) is 3.88. The molecule has 1 aromatic carbocycles. The average Bonchev–Trinajstić information content (AvgIpc) is 2.29. The van der Waals surface area contributed by atoms with Crippen LogP contribution < -0.4 is 5.56 Å². The molecule has 1 aromatic heterocycles. The number of aryl methyl sites for hydroxylation is 2. The van der Waals surface area contributed by atoms with E-state index in [4.69, 9.17) is 0 Å². The summed E-state index contributed by atoms with van der Waals surface area (Å²) in [5, 5.41) is 0.945. The Hall–Kier alpha value is -1.90. The van der Waals surface area contributed by atoms with E-state index in [1.807, 2.05) is 18.2 Å². The van der Waals surface area contributed by atoms with Crippen LogP contribution >= 0.6 is 0 Å². The van der Waals surface area contributed by atoms with E-state index in [0.29, 0.717) is 6.29 Å². The molecular formula is C13H13NO2. The summed E-state index contributed by atoms with van der Waals surface area (Å²) < 4.78 is 0. The van der Waals surface area contributed by atoms with Gasteiger partial charge in [-0.1, -0.05) is 13.0 Å². The number of pyridine rings is 1. The maximum Gasteiger partial charge on any atom is 0.259 e. The van der Waals surface area contributed by atoms with Crippen LogP contribution in [-0.4, -0.2) is 11.3 Å². The fraction of sp³-hybridized carbons (Fsp3) is 0.231. The smallest absolute Gasteiger partial charge is 0.259 e. The largest absolute Gasteiger partial charge is 0.321 e. The van der Waals surface area contributed by atoms with E-state index in [0.717, 1.165) is 22.9 Å². The number of hydrogen-bond donors (Lipinski definition) is 1. The maximum atomic E-state index is 11.6. The monoisotopic (exact) mass is 215 g/mol. The molecule has 0 fully saturated rings. The van der Waals surface area contributed by atoms with E-state index >= 15 is 0 Å². The van der Waals surface area contributed by atoms with Gasteiger partial charge >= 0.3 is 0 Å². The number of rotatable bonds is 2. The number of nitrogens with one attached hydrogen (secondary N) is 1. The molecule has 0 amide bonds. The Morgan fingerprint density at radius 2 is 2.12 bits per heavy atom. The van der Waals surface area contributed by atoms with Crippen LogP contribution in [0.15, 0.2) is 23.0 Å². The summed E-state index contributed by atoms with van der Waals surface area (Å²) in [7, 11) is 0. The van der Waals surface area contributed by atoms with E-state index in [9.17, 15) is 9.59 Å². The first-order valence-electron chi connectivity index (χ1n) is 5.28. The zero-order valence-electron chi connectivity index (χ0n) is 9.33. The molecule has 1 N–H and O–H groups in total. The molecule has 16 heavy (non-hydrogen) atoms. The zero-order valence-corrected chi connectivity index (χ0v) is 9.33.